The van der Waals surface area contributed by atoms with Gasteiger partial charge >= 0.3 is 5.97 Å². The van der Waals surface area contributed by atoms with Crippen LogP contribution >= 0.6 is 0 Å². The number of ether oxygens (including phenoxy) is 1. The summed E-state index contributed by atoms with van der Waals surface area (Å²) in [6.45, 7) is 5.70. The van der Waals surface area contributed by atoms with E-state index in [9.17, 15) is 15.0 Å². The first-order valence-electron chi connectivity index (χ1n) is 13.1. The van der Waals surface area contributed by atoms with Gasteiger partial charge in [0.25, 0.3) is 0 Å². The minimum absolute atomic E-state index is 0.172. The number of benzene rings is 1. The topological polar surface area (TPSA) is 117 Å². The molecule has 2 atom stereocenters. The van der Waals surface area contributed by atoms with Crippen molar-refractivity contribution in [1.29, 1.82) is 0 Å². The number of cyclic esters (lactones) is 1. The number of carbonyl (C=O) groups excluding carboxylic acids is 1. The van der Waals surface area contributed by atoms with Crippen LogP contribution in [0.5, 0.6) is 0 Å². The number of carbonyl (C=O) groups is 1. The van der Waals surface area contributed by atoms with Crippen molar-refractivity contribution < 1.29 is 19.7 Å². The Balaban J connectivity index is 1.04. The first kappa shape index (κ1) is 22.4. The quantitative estimate of drug-likeness (QED) is 0.512. The van der Waals surface area contributed by atoms with Crippen LogP contribution in [0.2, 0.25) is 0 Å². The number of rotatable bonds is 5. The van der Waals surface area contributed by atoms with Crippen molar-refractivity contribution in [2.24, 2.45) is 5.41 Å². The van der Waals surface area contributed by atoms with Gasteiger partial charge in [-0.1, -0.05) is 6.07 Å². The zero-order chi connectivity index (χ0) is 24.6. The number of esters is 1. The zero-order valence-electron chi connectivity index (χ0n) is 20.6. The molecule has 1 saturated carbocycles. The molecule has 7 rings (SSSR count). The van der Waals surface area contributed by atoms with Gasteiger partial charge in [-0.2, -0.15) is 0 Å². The lowest BCUT2D eigenvalue weighted by Crippen LogP contribution is -2.48. The molecule has 0 radical (unpaired) electrons. The molecule has 10 heteroatoms. The summed E-state index contributed by atoms with van der Waals surface area (Å²) < 4.78 is 7.00. The third kappa shape index (κ3) is 3.42. The van der Waals surface area contributed by atoms with E-state index < -0.39 is 12.3 Å². The number of fused-ring (bicyclic) bond motifs is 3. The lowest BCUT2D eigenvalue weighted by molar-refractivity contribution is -0.136. The number of piperidine rings is 1. The second kappa shape index (κ2) is 8.09. The molecule has 5 aliphatic rings. The third-order valence-electron chi connectivity index (χ3n) is 9.18. The summed E-state index contributed by atoms with van der Waals surface area (Å²) in [6.07, 6.45) is 3.82. The predicted octanol–water partition coefficient (Wildman–Crippen LogP) is 1.55. The Hall–Kier alpha value is -2.82. The van der Waals surface area contributed by atoms with Crippen LogP contribution in [0.1, 0.15) is 67.7 Å². The lowest BCUT2D eigenvalue weighted by atomic mass is 9.76. The van der Waals surface area contributed by atoms with E-state index in [1.54, 1.807) is 6.92 Å². The molecule has 0 amide bonds. The van der Waals surface area contributed by atoms with Crippen molar-refractivity contribution in [3.8, 4) is 11.4 Å². The summed E-state index contributed by atoms with van der Waals surface area (Å²) in [4.78, 5) is 16.1. The van der Waals surface area contributed by atoms with Gasteiger partial charge in [-0.15, -0.1) is 5.10 Å². The fourth-order valence-electron chi connectivity index (χ4n) is 6.73. The van der Waals surface area contributed by atoms with Gasteiger partial charge in [-0.3, -0.25) is 0 Å². The Kier molecular flexibility index (Phi) is 5.03. The lowest BCUT2D eigenvalue weighted by Gasteiger charge is -2.43. The summed E-state index contributed by atoms with van der Waals surface area (Å²) in [5.41, 5.74) is 5.80. The molecule has 3 fully saturated rings. The van der Waals surface area contributed by atoms with Gasteiger partial charge in [-0.25, -0.2) is 9.48 Å². The van der Waals surface area contributed by atoms with Crippen LogP contribution in [0, 0.1) is 5.41 Å². The number of aliphatic hydroxyl groups is 2. The number of β-amino-alcohol motifs (C(OH)–C–C–N with tert-alkyl or cyclic N) is 1. The van der Waals surface area contributed by atoms with E-state index >= 15 is 0 Å². The summed E-state index contributed by atoms with van der Waals surface area (Å²) in [7, 11) is 0. The molecule has 1 aromatic heterocycles. The maximum atomic E-state index is 11.8. The molecule has 36 heavy (non-hydrogen) atoms. The van der Waals surface area contributed by atoms with Crippen LogP contribution in [0.4, 0.5) is 0 Å². The average Bonchev–Trinajstić information content (AvgIpc) is 3.25. The number of tetrazole rings is 1. The van der Waals surface area contributed by atoms with Gasteiger partial charge in [0, 0.05) is 24.1 Å². The first-order valence-corrected chi connectivity index (χ1v) is 13.1. The van der Waals surface area contributed by atoms with Crippen molar-refractivity contribution in [2.75, 3.05) is 32.8 Å². The van der Waals surface area contributed by atoms with Crippen LogP contribution in [0.25, 0.3) is 11.4 Å². The van der Waals surface area contributed by atoms with Gasteiger partial charge in [-0.05, 0) is 91.2 Å². The van der Waals surface area contributed by atoms with E-state index in [2.05, 4.69) is 32.6 Å². The van der Waals surface area contributed by atoms with Crippen molar-refractivity contribution in [1.82, 2.24) is 30.0 Å². The number of hydrogen-bond donors (Lipinski definition) is 2. The molecule has 1 unspecified atom stereocenters. The maximum absolute atomic E-state index is 11.8. The highest BCUT2D eigenvalue weighted by atomic mass is 16.5. The van der Waals surface area contributed by atoms with Crippen molar-refractivity contribution >= 4 is 5.97 Å². The highest BCUT2D eigenvalue weighted by Crippen LogP contribution is 2.48. The molecule has 190 valence electrons. The fourth-order valence-corrected chi connectivity index (χ4v) is 6.73. The SMILES string of the molecule is CC1=C(N2CCC3(CCN(C[C@H](O)c4cc5c(cc4C4CC4)-c4nnnn4C5)CC3)C2O)COC1=O. The predicted molar refractivity (Wildman–Crippen MR) is 128 cm³/mol. The van der Waals surface area contributed by atoms with Gasteiger partial charge in [0.15, 0.2) is 5.82 Å². The molecule has 1 aromatic carbocycles. The normalized spacial score (nSPS) is 26.0. The molecule has 1 spiro atoms. The van der Waals surface area contributed by atoms with E-state index in [0.717, 1.165) is 80.0 Å². The Morgan fingerprint density at radius 3 is 2.69 bits per heavy atom. The zero-order valence-corrected chi connectivity index (χ0v) is 20.6. The fraction of sp³-hybridized carbons (Fsp3) is 0.615. The van der Waals surface area contributed by atoms with Crippen molar-refractivity contribution in [3.05, 3.63) is 40.1 Å². The van der Waals surface area contributed by atoms with Crippen LogP contribution in [-0.4, -0.2) is 85.2 Å². The maximum Gasteiger partial charge on any atom is 0.335 e. The van der Waals surface area contributed by atoms with Gasteiger partial charge in [0.05, 0.1) is 23.9 Å². The molecule has 10 nitrogen and oxygen atoms in total. The van der Waals surface area contributed by atoms with Crippen molar-refractivity contribution in [3.63, 3.8) is 0 Å². The third-order valence-corrected chi connectivity index (χ3v) is 9.18. The molecule has 0 bridgehead atoms. The number of nitrogens with zero attached hydrogens (tertiary/aromatic N) is 6. The smallest absolute Gasteiger partial charge is 0.335 e. The monoisotopic (exact) mass is 492 g/mol. The van der Waals surface area contributed by atoms with Gasteiger partial charge < -0.3 is 24.7 Å². The Bertz CT molecular complexity index is 1260. The summed E-state index contributed by atoms with van der Waals surface area (Å²) in [6, 6.07) is 4.37. The highest BCUT2D eigenvalue weighted by molar-refractivity contribution is 5.90. The van der Waals surface area contributed by atoms with Gasteiger partial charge in [0.1, 0.15) is 12.8 Å². The molecular formula is C26H32N6O4. The van der Waals surface area contributed by atoms with E-state index in [1.165, 1.54) is 5.56 Å². The molecular weight excluding hydrogens is 460 g/mol. The average molecular weight is 493 g/mol. The summed E-state index contributed by atoms with van der Waals surface area (Å²) in [5.74, 6) is 1.05. The van der Waals surface area contributed by atoms with E-state index in [1.807, 2.05) is 9.58 Å². The molecule has 2 N–H and O–H groups in total. The first-order chi connectivity index (χ1) is 17.4. The molecule has 5 heterocycles. The van der Waals surface area contributed by atoms with Crippen LogP contribution < -0.4 is 0 Å². The largest absolute Gasteiger partial charge is 0.456 e. The van der Waals surface area contributed by atoms with Crippen LogP contribution in [0.3, 0.4) is 0 Å². The van der Waals surface area contributed by atoms with E-state index in [-0.39, 0.29) is 18.0 Å². The number of aromatic nitrogens is 4. The molecule has 2 aromatic rings. The number of likely N-dealkylation sites (tertiary alicyclic amines) is 2. The molecule has 4 aliphatic heterocycles. The number of hydrogen-bond acceptors (Lipinski definition) is 9. The van der Waals surface area contributed by atoms with Crippen molar-refractivity contribution in [2.45, 2.75) is 63.8 Å². The number of aliphatic hydroxyl groups excluding tert-OH is 2. The summed E-state index contributed by atoms with van der Waals surface area (Å²) >= 11 is 0. The van der Waals surface area contributed by atoms with Crippen LogP contribution in [-0.2, 0) is 16.1 Å². The van der Waals surface area contributed by atoms with Gasteiger partial charge in [0.2, 0.25) is 0 Å². The Morgan fingerprint density at radius 2 is 1.97 bits per heavy atom. The second-order valence-corrected chi connectivity index (χ2v) is 11.2. The van der Waals surface area contributed by atoms with E-state index in [0.29, 0.717) is 24.6 Å². The standard InChI is InChI=1S/C26H32N6O4/c1-15-21(14-36-24(15)34)31-9-6-26(25(31)35)4-7-30(8-5-26)13-22(33)20-10-17-12-32-23(27-28-29-32)19(17)11-18(20)16-2-3-16/h10-11,16,22,25,33,35H,2-9,12-14H2,1H3/t22-,25?/m0/s1. The minimum atomic E-state index is -0.600. The second-order valence-electron chi connectivity index (χ2n) is 11.2. The molecule has 1 aliphatic carbocycles. The Morgan fingerprint density at radius 1 is 1.19 bits per heavy atom. The van der Waals surface area contributed by atoms with E-state index in [4.69, 9.17) is 4.74 Å². The highest BCUT2D eigenvalue weighted by Gasteiger charge is 2.50. The molecule has 2 saturated heterocycles. The Labute approximate surface area is 209 Å². The van der Waals surface area contributed by atoms with Crippen LogP contribution in [0.15, 0.2) is 23.4 Å². The minimum Gasteiger partial charge on any atom is -0.456 e. The summed E-state index contributed by atoms with van der Waals surface area (Å²) in [5, 5.41) is 34.7.